The Kier molecular flexibility index (Phi) is 11.3. The Bertz CT molecular complexity index is 2600. The molecule has 6 heterocycles. The van der Waals surface area contributed by atoms with E-state index in [0.717, 1.165) is 49.3 Å². The van der Waals surface area contributed by atoms with Gasteiger partial charge in [0, 0.05) is 75.2 Å². The van der Waals surface area contributed by atoms with E-state index in [1.807, 2.05) is 24.8 Å². The summed E-state index contributed by atoms with van der Waals surface area (Å²) < 4.78 is 64.7. The number of ether oxygens (including phenoxy) is 1. The average Bonchev–Trinajstić information content (AvgIpc) is 3.52. The molecule has 0 radical (unpaired) electrons. The molecular formula is C44H47F2N9O7S. The number of hydrogen-bond donors (Lipinski definition) is 2. The Morgan fingerprint density at radius 2 is 1.59 bits per heavy atom. The number of hydrogen-bond acceptors (Lipinski definition) is 13. The molecule has 0 spiro atoms. The summed E-state index contributed by atoms with van der Waals surface area (Å²) in [6.45, 7) is 9.06. The maximum Gasteiger partial charge on any atom is 0.262 e. The molecule has 4 aromatic rings. The van der Waals surface area contributed by atoms with Crippen LogP contribution in [0, 0.1) is 17.6 Å². The largest absolute Gasteiger partial charge is 0.486 e. The molecule has 1 unspecified atom stereocenters. The summed E-state index contributed by atoms with van der Waals surface area (Å²) in [4.78, 5) is 66.5. The number of benzene rings is 3. The van der Waals surface area contributed by atoms with Crippen LogP contribution in [-0.2, 0) is 19.6 Å². The molecule has 330 valence electrons. The van der Waals surface area contributed by atoms with Crippen molar-refractivity contribution >= 4 is 56.7 Å². The fourth-order valence-corrected chi connectivity index (χ4v) is 10.6. The van der Waals surface area contributed by atoms with Crippen molar-refractivity contribution in [3.63, 3.8) is 0 Å². The fourth-order valence-electron chi connectivity index (χ4n) is 9.14. The van der Waals surface area contributed by atoms with Crippen LogP contribution in [0.5, 0.6) is 5.75 Å². The number of anilines is 4. The summed E-state index contributed by atoms with van der Waals surface area (Å²) in [6.07, 6.45) is 2.97. The minimum atomic E-state index is -3.78. The van der Waals surface area contributed by atoms with E-state index in [-0.39, 0.29) is 57.9 Å². The van der Waals surface area contributed by atoms with Gasteiger partial charge in [0.2, 0.25) is 27.8 Å². The van der Waals surface area contributed by atoms with Gasteiger partial charge in [-0.2, -0.15) is 4.31 Å². The maximum atomic E-state index is 15.2. The first-order valence-corrected chi connectivity index (χ1v) is 22.6. The number of nitrogens with one attached hydrogen (secondary N) is 2. The van der Waals surface area contributed by atoms with E-state index in [4.69, 9.17) is 4.74 Å². The molecule has 3 aromatic carbocycles. The highest BCUT2D eigenvalue weighted by atomic mass is 32.2. The molecule has 1 aromatic heterocycles. The van der Waals surface area contributed by atoms with Crippen molar-refractivity contribution in [2.75, 3.05) is 74.1 Å². The van der Waals surface area contributed by atoms with E-state index >= 15 is 8.78 Å². The summed E-state index contributed by atoms with van der Waals surface area (Å²) >= 11 is 0. The number of carbonyl (C=O) groups excluding carboxylic acids is 4. The van der Waals surface area contributed by atoms with Crippen LogP contribution in [0.25, 0.3) is 11.3 Å². The number of carbonyl (C=O) groups is 4. The van der Waals surface area contributed by atoms with Crippen LogP contribution >= 0.6 is 0 Å². The molecule has 5 aliphatic rings. The number of aromatic nitrogens is 2. The van der Waals surface area contributed by atoms with Crippen LogP contribution in [0.2, 0.25) is 0 Å². The van der Waals surface area contributed by atoms with Gasteiger partial charge in [0.05, 0.1) is 34.5 Å². The van der Waals surface area contributed by atoms with Gasteiger partial charge >= 0.3 is 0 Å². The lowest BCUT2D eigenvalue weighted by Gasteiger charge is -2.39. The normalized spacial score (nSPS) is 20.2. The number of sulfonamides is 1. The van der Waals surface area contributed by atoms with Gasteiger partial charge in [-0.1, -0.05) is 0 Å². The molecule has 5 aliphatic heterocycles. The van der Waals surface area contributed by atoms with E-state index in [2.05, 4.69) is 30.4 Å². The summed E-state index contributed by atoms with van der Waals surface area (Å²) in [5, 5.41) is 5.22. The average molecular weight is 884 g/mol. The van der Waals surface area contributed by atoms with Crippen molar-refractivity contribution in [3.8, 4) is 17.0 Å². The molecule has 9 rings (SSSR count). The number of amides is 4. The van der Waals surface area contributed by atoms with Crippen molar-refractivity contribution in [1.29, 1.82) is 0 Å². The van der Waals surface area contributed by atoms with Crippen molar-refractivity contribution < 1.29 is 41.1 Å². The van der Waals surface area contributed by atoms with Crippen molar-refractivity contribution in [2.45, 2.75) is 56.5 Å². The van der Waals surface area contributed by atoms with E-state index < -0.39 is 51.3 Å². The minimum absolute atomic E-state index is 0.0522. The van der Waals surface area contributed by atoms with Crippen LogP contribution < -0.4 is 25.2 Å². The Hall–Kier alpha value is -6.05. The maximum absolute atomic E-state index is 15.2. The van der Waals surface area contributed by atoms with E-state index in [1.165, 1.54) is 22.5 Å². The molecular weight excluding hydrogens is 837 g/mol. The third-order valence-corrected chi connectivity index (χ3v) is 14.5. The molecule has 1 atom stereocenters. The van der Waals surface area contributed by atoms with Crippen molar-refractivity contribution in [1.82, 2.24) is 29.4 Å². The zero-order valence-electron chi connectivity index (χ0n) is 34.9. The lowest BCUT2D eigenvalue weighted by molar-refractivity contribution is -0.136. The second kappa shape index (κ2) is 16.9. The Morgan fingerprint density at radius 3 is 2.30 bits per heavy atom. The highest BCUT2D eigenvalue weighted by Crippen LogP contribution is 2.40. The zero-order chi connectivity index (χ0) is 44.2. The Morgan fingerprint density at radius 1 is 0.857 bits per heavy atom. The third kappa shape index (κ3) is 8.20. The minimum Gasteiger partial charge on any atom is -0.486 e. The van der Waals surface area contributed by atoms with Crippen LogP contribution in [0.4, 0.5) is 31.8 Å². The SMILES string of the molecule is CC(C)N1CCOc2c(F)cc(-c3nc(Nc4ccc(S(=O)(=O)N5CCN(CC6CCN(c7ccc8c(c7)C(=O)N(C7CCC(=O)NC7=O)C8=O)CC6)CC5)cc4)ncc3F)cc21. The quantitative estimate of drug-likeness (QED) is 0.215. The lowest BCUT2D eigenvalue weighted by atomic mass is 9.95. The second-order valence-electron chi connectivity index (χ2n) is 16.8. The van der Waals surface area contributed by atoms with Crippen LogP contribution in [0.1, 0.15) is 60.2 Å². The standard InChI is InChI=1S/C44H47F2N9O7S/c1-26(2)54-19-20-62-40-34(45)21-28(22-37(40)54)39-35(46)24-47-44(50-39)48-29-3-6-31(7-4-29)63(60,61)53-17-15-51(16-18-53)25-27-11-13-52(14-12-27)30-5-8-32-33(23-30)43(59)55(42(32)58)36-9-10-38(56)49-41(36)57/h3-8,21-24,26-27,36H,9-20,25H2,1-2H3,(H,47,48,50)(H,49,56,57). The number of rotatable bonds is 10. The second-order valence-corrected chi connectivity index (χ2v) is 18.7. The smallest absolute Gasteiger partial charge is 0.262 e. The molecule has 19 heteroatoms. The topological polar surface area (TPSA) is 178 Å². The number of piperazine rings is 1. The first-order chi connectivity index (χ1) is 30.2. The van der Waals surface area contributed by atoms with Crippen LogP contribution in [-0.4, -0.2) is 127 Å². The van der Waals surface area contributed by atoms with Crippen LogP contribution in [0.15, 0.2) is 65.7 Å². The molecule has 16 nitrogen and oxygen atoms in total. The molecule has 0 bridgehead atoms. The molecule has 0 aliphatic carbocycles. The zero-order valence-corrected chi connectivity index (χ0v) is 35.7. The first-order valence-electron chi connectivity index (χ1n) is 21.2. The fraction of sp³-hybridized carbons (Fsp3) is 0.409. The Labute approximate surface area is 363 Å². The molecule has 63 heavy (non-hydrogen) atoms. The van der Waals surface area contributed by atoms with Gasteiger partial charge in [-0.25, -0.2) is 27.2 Å². The van der Waals surface area contributed by atoms with Crippen LogP contribution in [0.3, 0.4) is 0 Å². The molecule has 3 fully saturated rings. The molecule has 2 N–H and O–H groups in total. The van der Waals surface area contributed by atoms with E-state index in [9.17, 15) is 27.6 Å². The van der Waals surface area contributed by atoms with Gasteiger partial charge in [0.25, 0.3) is 11.8 Å². The number of imide groups is 2. The number of halogens is 2. The van der Waals surface area contributed by atoms with E-state index in [1.54, 1.807) is 30.3 Å². The van der Waals surface area contributed by atoms with Gasteiger partial charge in [0.15, 0.2) is 17.4 Å². The predicted molar refractivity (Wildman–Crippen MR) is 228 cm³/mol. The lowest BCUT2D eigenvalue weighted by Crippen LogP contribution is -2.54. The number of piperidine rings is 2. The first kappa shape index (κ1) is 42.3. The van der Waals surface area contributed by atoms with Gasteiger partial charge in [0.1, 0.15) is 18.3 Å². The molecule has 3 saturated heterocycles. The third-order valence-electron chi connectivity index (χ3n) is 12.6. The summed E-state index contributed by atoms with van der Waals surface area (Å²) in [7, 11) is -3.78. The summed E-state index contributed by atoms with van der Waals surface area (Å²) in [5.41, 5.74) is 2.47. The highest BCUT2D eigenvalue weighted by molar-refractivity contribution is 7.89. The monoisotopic (exact) mass is 883 g/mol. The Balaban J connectivity index is 0.769. The van der Waals surface area contributed by atoms with Gasteiger partial charge < -0.3 is 24.8 Å². The van der Waals surface area contributed by atoms with Crippen molar-refractivity contribution in [3.05, 3.63) is 83.6 Å². The summed E-state index contributed by atoms with van der Waals surface area (Å²) in [5.74, 6) is -2.89. The predicted octanol–water partition coefficient (Wildman–Crippen LogP) is 4.40. The van der Waals surface area contributed by atoms with Gasteiger partial charge in [-0.3, -0.25) is 29.4 Å². The number of fused-ring (bicyclic) bond motifs is 2. The molecule has 0 saturated carbocycles. The van der Waals surface area contributed by atoms with Gasteiger partial charge in [-0.15, -0.1) is 0 Å². The highest BCUT2D eigenvalue weighted by Gasteiger charge is 2.45. The van der Waals surface area contributed by atoms with Crippen molar-refractivity contribution in [2.24, 2.45) is 5.92 Å². The summed E-state index contributed by atoms with van der Waals surface area (Å²) in [6, 6.07) is 13.3. The van der Waals surface area contributed by atoms with Gasteiger partial charge in [-0.05, 0) is 93.6 Å². The van der Waals surface area contributed by atoms with E-state index in [0.29, 0.717) is 56.6 Å². The molecule has 4 amide bonds. The number of nitrogens with zero attached hydrogens (tertiary/aromatic N) is 7.